The molecule has 0 amide bonds. The largest absolute Gasteiger partial charge is 0.462 e. The number of carbonyl (C=O) groups is 3. The van der Waals surface area contributed by atoms with Crippen LogP contribution in [0.15, 0.2) is 0 Å². The van der Waals surface area contributed by atoms with Crippen LogP contribution in [-0.2, 0) is 28.6 Å². The average Bonchev–Trinajstić information content (AvgIpc) is 3.21. The van der Waals surface area contributed by atoms with Crippen molar-refractivity contribution in [3.8, 4) is 0 Å². The van der Waals surface area contributed by atoms with Gasteiger partial charge >= 0.3 is 17.9 Å². The van der Waals surface area contributed by atoms with Gasteiger partial charge in [0.25, 0.3) is 0 Å². The van der Waals surface area contributed by atoms with E-state index in [0.29, 0.717) is 19.3 Å². The molecule has 6 heteroatoms. The van der Waals surface area contributed by atoms with Crippen LogP contribution in [0, 0.1) is 0 Å². The molecule has 1 atom stereocenters. The highest BCUT2D eigenvalue weighted by molar-refractivity contribution is 5.71. The van der Waals surface area contributed by atoms with Crippen LogP contribution < -0.4 is 0 Å². The molecule has 0 radical (unpaired) electrons. The molecule has 0 fully saturated rings. The van der Waals surface area contributed by atoms with Gasteiger partial charge in [0.05, 0.1) is 0 Å². The topological polar surface area (TPSA) is 78.9 Å². The van der Waals surface area contributed by atoms with E-state index in [1.165, 1.54) is 193 Å². The number of hydrogen-bond donors (Lipinski definition) is 0. The summed E-state index contributed by atoms with van der Waals surface area (Å²) in [4.78, 5) is 37.8. The summed E-state index contributed by atoms with van der Waals surface area (Å²) >= 11 is 0. The first-order valence-corrected chi connectivity index (χ1v) is 25.5. The Kier molecular flexibility index (Phi) is 45.8. The van der Waals surface area contributed by atoms with Crippen molar-refractivity contribution < 1.29 is 28.6 Å². The predicted octanol–water partition coefficient (Wildman–Crippen LogP) is 16.4. The van der Waals surface area contributed by atoms with E-state index in [9.17, 15) is 14.4 Å². The second-order valence-electron chi connectivity index (χ2n) is 17.5. The molecule has 0 saturated heterocycles. The van der Waals surface area contributed by atoms with Gasteiger partial charge in [0.1, 0.15) is 13.2 Å². The summed E-state index contributed by atoms with van der Waals surface area (Å²) in [5.74, 6) is -0.847. The zero-order chi connectivity index (χ0) is 41.5. The van der Waals surface area contributed by atoms with E-state index in [0.717, 1.165) is 57.8 Å². The van der Waals surface area contributed by atoms with Crippen LogP contribution in [0.25, 0.3) is 0 Å². The van der Waals surface area contributed by atoms with Crippen LogP contribution in [0.1, 0.15) is 290 Å². The Morgan fingerprint density at radius 1 is 0.281 bits per heavy atom. The lowest BCUT2D eigenvalue weighted by molar-refractivity contribution is -0.167. The van der Waals surface area contributed by atoms with Crippen LogP contribution in [0.5, 0.6) is 0 Å². The second-order valence-corrected chi connectivity index (χ2v) is 17.5. The normalized spacial score (nSPS) is 11.8. The van der Waals surface area contributed by atoms with Crippen LogP contribution in [0.2, 0.25) is 0 Å². The van der Waals surface area contributed by atoms with E-state index in [1.54, 1.807) is 0 Å². The van der Waals surface area contributed by atoms with E-state index in [-0.39, 0.29) is 31.1 Å². The lowest BCUT2D eigenvalue weighted by atomic mass is 10.0. The smallest absolute Gasteiger partial charge is 0.306 e. The molecule has 57 heavy (non-hydrogen) atoms. The molecule has 0 aliphatic heterocycles. The Morgan fingerprint density at radius 3 is 0.702 bits per heavy atom. The molecule has 0 saturated carbocycles. The van der Waals surface area contributed by atoms with Crippen LogP contribution in [0.3, 0.4) is 0 Å². The summed E-state index contributed by atoms with van der Waals surface area (Å²) < 4.78 is 16.8. The summed E-state index contributed by atoms with van der Waals surface area (Å²) in [6.07, 6.45) is 49.5. The summed E-state index contributed by atoms with van der Waals surface area (Å²) in [5, 5.41) is 0. The minimum atomic E-state index is -0.758. The SMILES string of the molecule is CCCCCCCCCCCCCCCCCCC(=O)OCC(COC(=O)CCCCCCCCCC)OC(=O)CCCCCCCCCCCCCCCCC. The number of unbranched alkanes of at least 4 members (excludes halogenated alkanes) is 36. The first kappa shape index (κ1) is 55.4. The quantitative estimate of drug-likeness (QED) is 0.0346. The molecule has 0 rings (SSSR count). The summed E-state index contributed by atoms with van der Waals surface area (Å²) in [5.41, 5.74) is 0. The molecule has 0 heterocycles. The van der Waals surface area contributed by atoms with E-state index in [2.05, 4.69) is 20.8 Å². The summed E-state index contributed by atoms with van der Waals surface area (Å²) in [6.45, 7) is 6.65. The van der Waals surface area contributed by atoms with Gasteiger partial charge in [-0.1, -0.05) is 252 Å². The molecule has 0 spiro atoms. The van der Waals surface area contributed by atoms with Gasteiger partial charge in [-0.05, 0) is 19.3 Å². The molecule has 0 aromatic heterocycles. The minimum absolute atomic E-state index is 0.0622. The van der Waals surface area contributed by atoms with Crippen molar-refractivity contribution in [3.63, 3.8) is 0 Å². The molecule has 0 aromatic carbocycles. The third kappa shape index (κ3) is 45.3. The van der Waals surface area contributed by atoms with E-state index >= 15 is 0 Å². The van der Waals surface area contributed by atoms with Crippen LogP contribution in [-0.4, -0.2) is 37.2 Å². The number of esters is 3. The predicted molar refractivity (Wildman–Crippen MR) is 243 cm³/mol. The van der Waals surface area contributed by atoms with Gasteiger partial charge in [-0.15, -0.1) is 0 Å². The first-order valence-electron chi connectivity index (χ1n) is 25.5. The Bertz CT molecular complexity index is 844. The second kappa shape index (κ2) is 47.1. The Hall–Kier alpha value is -1.59. The molecule has 0 N–H and O–H groups in total. The highest BCUT2D eigenvalue weighted by Gasteiger charge is 2.19. The van der Waals surface area contributed by atoms with E-state index in [1.807, 2.05) is 0 Å². The first-order chi connectivity index (χ1) is 28.0. The zero-order valence-electron chi connectivity index (χ0n) is 38.6. The molecule has 1 unspecified atom stereocenters. The highest BCUT2D eigenvalue weighted by atomic mass is 16.6. The van der Waals surface area contributed by atoms with Gasteiger partial charge in [0, 0.05) is 19.3 Å². The van der Waals surface area contributed by atoms with Crippen molar-refractivity contribution in [1.29, 1.82) is 0 Å². The summed E-state index contributed by atoms with van der Waals surface area (Å²) in [6, 6.07) is 0. The third-order valence-electron chi connectivity index (χ3n) is 11.6. The standard InChI is InChI=1S/C51H98O6/c1-4-7-10-13-16-19-21-23-25-27-28-30-32-35-38-41-44-50(53)56-47-48(46-55-49(52)43-40-37-34-18-15-12-9-6-3)57-51(54)45-42-39-36-33-31-29-26-24-22-20-17-14-11-8-5-2/h48H,4-47H2,1-3H3. The third-order valence-corrected chi connectivity index (χ3v) is 11.6. The molecule has 0 aromatic rings. The fourth-order valence-corrected chi connectivity index (χ4v) is 7.74. The van der Waals surface area contributed by atoms with Gasteiger partial charge in [0.2, 0.25) is 0 Å². The number of ether oxygens (including phenoxy) is 3. The molecule has 0 aliphatic carbocycles. The van der Waals surface area contributed by atoms with Gasteiger partial charge in [-0.25, -0.2) is 0 Å². The van der Waals surface area contributed by atoms with Crippen molar-refractivity contribution in [2.45, 2.75) is 297 Å². The zero-order valence-corrected chi connectivity index (χ0v) is 38.6. The lowest BCUT2D eigenvalue weighted by Crippen LogP contribution is -2.30. The minimum Gasteiger partial charge on any atom is -0.462 e. The Balaban J connectivity index is 4.23. The number of carbonyl (C=O) groups excluding carboxylic acids is 3. The maximum Gasteiger partial charge on any atom is 0.306 e. The van der Waals surface area contributed by atoms with Gasteiger partial charge in [0.15, 0.2) is 6.10 Å². The molecular weight excluding hydrogens is 709 g/mol. The van der Waals surface area contributed by atoms with E-state index in [4.69, 9.17) is 14.2 Å². The maximum absolute atomic E-state index is 12.7. The van der Waals surface area contributed by atoms with Crippen molar-refractivity contribution in [3.05, 3.63) is 0 Å². The number of hydrogen-bond acceptors (Lipinski definition) is 6. The van der Waals surface area contributed by atoms with Crippen LogP contribution >= 0.6 is 0 Å². The highest BCUT2D eigenvalue weighted by Crippen LogP contribution is 2.17. The monoisotopic (exact) mass is 807 g/mol. The molecule has 0 aliphatic rings. The Morgan fingerprint density at radius 2 is 0.474 bits per heavy atom. The van der Waals surface area contributed by atoms with Gasteiger partial charge in [-0.3, -0.25) is 14.4 Å². The van der Waals surface area contributed by atoms with Gasteiger partial charge < -0.3 is 14.2 Å². The van der Waals surface area contributed by atoms with Crippen LogP contribution in [0.4, 0.5) is 0 Å². The fourth-order valence-electron chi connectivity index (χ4n) is 7.74. The molecular formula is C51H98O6. The molecule has 6 nitrogen and oxygen atoms in total. The lowest BCUT2D eigenvalue weighted by Gasteiger charge is -2.18. The summed E-state index contributed by atoms with van der Waals surface area (Å²) in [7, 11) is 0. The van der Waals surface area contributed by atoms with Gasteiger partial charge in [-0.2, -0.15) is 0 Å². The molecule has 0 bridgehead atoms. The maximum atomic E-state index is 12.7. The molecule has 338 valence electrons. The van der Waals surface area contributed by atoms with Crippen molar-refractivity contribution in [1.82, 2.24) is 0 Å². The fraction of sp³-hybridized carbons (Fsp3) is 0.941. The van der Waals surface area contributed by atoms with Crippen molar-refractivity contribution in [2.24, 2.45) is 0 Å². The average molecular weight is 807 g/mol. The Labute approximate surface area is 355 Å². The van der Waals surface area contributed by atoms with Crippen molar-refractivity contribution >= 4 is 17.9 Å². The number of rotatable bonds is 47. The van der Waals surface area contributed by atoms with E-state index < -0.39 is 6.10 Å². The van der Waals surface area contributed by atoms with Crippen molar-refractivity contribution in [2.75, 3.05) is 13.2 Å².